The molecule has 0 amide bonds. The van der Waals surface area contributed by atoms with Crippen LogP contribution in [0, 0.1) is 5.41 Å². The summed E-state index contributed by atoms with van der Waals surface area (Å²) in [5.41, 5.74) is 0.119. The quantitative estimate of drug-likeness (QED) is 0.640. The first kappa shape index (κ1) is 8.51. The van der Waals surface area contributed by atoms with Crippen LogP contribution in [0.25, 0.3) is 0 Å². The fraction of sp³-hybridized carbons (Fsp3) is 1.00. The molecule has 2 atom stereocenters. The minimum atomic E-state index is -2.80. The Bertz CT molecular complexity index is 277. The van der Waals surface area contributed by atoms with Gasteiger partial charge in [0.25, 0.3) is 0 Å². The van der Waals surface area contributed by atoms with Gasteiger partial charge in [-0.05, 0) is 25.8 Å². The van der Waals surface area contributed by atoms with E-state index in [1.807, 2.05) is 0 Å². The van der Waals surface area contributed by atoms with E-state index in [9.17, 15) is 8.42 Å². The Labute approximate surface area is 73.5 Å². The second-order valence-corrected chi connectivity index (χ2v) is 6.37. The zero-order chi connectivity index (χ0) is 8.82. The average Bonchev–Trinajstić information content (AvgIpc) is 2.28. The summed E-state index contributed by atoms with van der Waals surface area (Å²) in [6, 6.07) is 0. The number of nitrogens with one attached hydrogen (secondary N) is 1. The van der Waals surface area contributed by atoms with Crippen molar-refractivity contribution in [2.45, 2.75) is 24.5 Å². The van der Waals surface area contributed by atoms with E-state index >= 15 is 0 Å². The monoisotopic (exact) mass is 189 g/mol. The van der Waals surface area contributed by atoms with Crippen LogP contribution in [0.2, 0.25) is 0 Å². The molecular formula is C8H15NO2S. The molecule has 1 spiro atoms. The van der Waals surface area contributed by atoms with Gasteiger partial charge in [0.1, 0.15) is 0 Å². The molecule has 12 heavy (non-hydrogen) atoms. The molecule has 0 aromatic heterocycles. The highest BCUT2D eigenvalue weighted by molar-refractivity contribution is 7.91. The van der Waals surface area contributed by atoms with Gasteiger partial charge in [0.05, 0.1) is 5.25 Å². The molecule has 0 radical (unpaired) electrons. The lowest BCUT2D eigenvalue weighted by molar-refractivity contribution is 0.168. The lowest BCUT2D eigenvalue weighted by atomic mass is 9.68. The van der Waals surface area contributed by atoms with Gasteiger partial charge in [-0.25, -0.2) is 8.42 Å². The van der Waals surface area contributed by atoms with Gasteiger partial charge in [-0.2, -0.15) is 0 Å². The Hall–Kier alpha value is -0.0900. The van der Waals surface area contributed by atoms with Gasteiger partial charge in [-0.3, -0.25) is 0 Å². The Morgan fingerprint density at radius 1 is 1.42 bits per heavy atom. The van der Waals surface area contributed by atoms with Gasteiger partial charge in [0.2, 0.25) is 0 Å². The van der Waals surface area contributed by atoms with Crippen molar-refractivity contribution in [3.8, 4) is 0 Å². The van der Waals surface area contributed by atoms with Gasteiger partial charge >= 0.3 is 0 Å². The summed E-state index contributed by atoms with van der Waals surface area (Å²) < 4.78 is 22.7. The van der Waals surface area contributed by atoms with Gasteiger partial charge in [-0.15, -0.1) is 0 Å². The first-order valence-corrected chi connectivity index (χ1v) is 6.40. The minimum Gasteiger partial charge on any atom is -0.316 e. The third-order valence-corrected chi connectivity index (χ3v) is 5.15. The van der Waals surface area contributed by atoms with Gasteiger partial charge in [0, 0.05) is 18.2 Å². The largest absolute Gasteiger partial charge is 0.316 e. The van der Waals surface area contributed by atoms with Crippen molar-refractivity contribution in [2.75, 3.05) is 19.3 Å². The summed E-state index contributed by atoms with van der Waals surface area (Å²) in [5, 5.41) is 3.20. The lowest BCUT2D eigenvalue weighted by Crippen LogP contribution is -2.50. The maximum absolute atomic E-state index is 11.3. The topological polar surface area (TPSA) is 46.2 Å². The van der Waals surface area contributed by atoms with Gasteiger partial charge < -0.3 is 5.32 Å². The lowest BCUT2D eigenvalue weighted by Gasteiger charge is -2.45. The molecule has 1 saturated carbocycles. The molecule has 1 N–H and O–H groups in total. The zero-order valence-electron chi connectivity index (χ0n) is 7.34. The second-order valence-electron chi connectivity index (χ2n) is 4.15. The predicted octanol–water partition coefficient (Wildman–Crippen LogP) is 0.173. The van der Waals surface area contributed by atoms with Crippen LogP contribution in [-0.2, 0) is 9.84 Å². The van der Waals surface area contributed by atoms with E-state index in [2.05, 4.69) is 5.32 Å². The number of hydrogen-bond donors (Lipinski definition) is 1. The molecule has 1 aliphatic carbocycles. The Kier molecular flexibility index (Phi) is 1.74. The fourth-order valence-electron chi connectivity index (χ4n) is 2.59. The van der Waals surface area contributed by atoms with Crippen molar-refractivity contribution in [1.82, 2.24) is 5.32 Å². The summed E-state index contributed by atoms with van der Waals surface area (Å²) in [7, 11) is -2.80. The van der Waals surface area contributed by atoms with Crippen LogP contribution in [-0.4, -0.2) is 33.0 Å². The molecule has 3 nitrogen and oxygen atoms in total. The van der Waals surface area contributed by atoms with Crippen molar-refractivity contribution in [2.24, 2.45) is 5.41 Å². The molecule has 0 aromatic carbocycles. The van der Waals surface area contributed by atoms with E-state index in [4.69, 9.17) is 0 Å². The first-order chi connectivity index (χ1) is 5.55. The van der Waals surface area contributed by atoms with Crippen LogP contribution in [0.3, 0.4) is 0 Å². The normalized spacial score (nSPS) is 41.6. The van der Waals surface area contributed by atoms with Crippen molar-refractivity contribution in [1.29, 1.82) is 0 Å². The van der Waals surface area contributed by atoms with Crippen LogP contribution in [0.5, 0.6) is 0 Å². The standard InChI is InChI=1S/C8H15NO2S/c1-12(10,11)7-2-3-8(7)4-5-9-6-8/h7,9H,2-6H2,1H3. The van der Waals surface area contributed by atoms with Crippen molar-refractivity contribution in [3.63, 3.8) is 0 Å². The molecule has 0 bridgehead atoms. The third-order valence-electron chi connectivity index (χ3n) is 3.38. The van der Waals surface area contributed by atoms with Gasteiger partial charge in [-0.1, -0.05) is 0 Å². The number of rotatable bonds is 1. The summed E-state index contributed by atoms with van der Waals surface area (Å²) in [6.07, 6.45) is 4.39. The molecule has 1 saturated heterocycles. The van der Waals surface area contributed by atoms with E-state index in [0.29, 0.717) is 0 Å². The van der Waals surface area contributed by atoms with Crippen molar-refractivity contribution in [3.05, 3.63) is 0 Å². The third kappa shape index (κ3) is 1.09. The van der Waals surface area contributed by atoms with Crippen molar-refractivity contribution >= 4 is 9.84 Å². The molecule has 70 valence electrons. The average molecular weight is 189 g/mol. The van der Waals surface area contributed by atoms with Gasteiger partial charge in [0.15, 0.2) is 9.84 Å². The Morgan fingerprint density at radius 2 is 2.17 bits per heavy atom. The maximum atomic E-state index is 11.3. The van der Waals surface area contributed by atoms with E-state index in [0.717, 1.165) is 32.4 Å². The van der Waals surface area contributed by atoms with Crippen LogP contribution >= 0.6 is 0 Å². The van der Waals surface area contributed by atoms with Crippen LogP contribution in [0.1, 0.15) is 19.3 Å². The number of hydrogen-bond acceptors (Lipinski definition) is 3. The Balaban J connectivity index is 2.20. The minimum absolute atomic E-state index is 0.0556. The molecular weight excluding hydrogens is 174 g/mol. The summed E-state index contributed by atoms with van der Waals surface area (Å²) in [5.74, 6) is 0. The SMILES string of the molecule is CS(=O)(=O)C1CCC12CCNC2. The second kappa shape index (κ2) is 2.45. The first-order valence-electron chi connectivity index (χ1n) is 4.44. The molecule has 2 unspecified atom stereocenters. The summed E-state index contributed by atoms with van der Waals surface area (Å²) >= 11 is 0. The Morgan fingerprint density at radius 3 is 2.50 bits per heavy atom. The van der Waals surface area contributed by atoms with E-state index in [-0.39, 0.29) is 10.7 Å². The highest BCUT2D eigenvalue weighted by Gasteiger charge is 2.52. The molecule has 2 aliphatic rings. The molecule has 2 fully saturated rings. The molecule has 1 heterocycles. The highest BCUT2D eigenvalue weighted by atomic mass is 32.2. The molecule has 1 aliphatic heterocycles. The number of sulfone groups is 1. The zero-order valence-corrected chi connectivity index (χ0v) is 8.15. The van der Waals surface area contributed by atoms with E-state index in [1.54, 1.807) is 0 Å². The highest BCUT2D eigenvalue weighted by Crippen LogP contribution is 2.49. The molecule has 4 heteroatoms. The summed E-state index contributed by atoms with van der Waals surface area (Å²) in [4.78, 5) is 0. The van der Waals surface area contributed by atoms with E-state index in [1.165, 1.54) is 6.26 Å². The summed E-state index contributed by atoms with van der Waals surface area (Å²) in [6.45, 7) is 1.90. The van der Waals surface area contributed by atoms with E-state index < -0.39 is 9.84 Å². The predicted molar refractivity (Wildman–Crippen MR) is 47.8 cm³/mol. The van der Waals surface area contributed by atoms with Crippen LogP contribution in [0.4, 0.5) is 0 Å². The smallest absolute Gasteiger partial charge is 0.150 e. The molecule has 0 aromatic rings. The van der Waals surface area contributed by atoms with Crippen LogP contribution in [0.15, 0.2) is 0 Å². The van der Waals surface area contributed by atoms with Crippen LogP contribution < -0.4 is 5.32 Å². The fourth-order valence-corrected chi connectivity index (χ4v) is 4.36. The molecule has 2 rings (SSSR count). The van der Waals surface area contributed by atoms with Crippen molar-refractivity contribution < 1.29 is 8.42 Å². The maximum Gasteiger partial charge on any atom is 0.150 e.